The molecule has 0 bridgehead atoms. The number of hydrogen-bond acceptors (Lipinski definition) is 3. The van der Waals surface area contributed by atoms with Crippen molar-refractivity contribution in [2.75, 3.05) is 20.2 Å². The smallest absolute Gasteiger partial charge is 0.243 e. The van der Waals surface area contributed by atoms with Crippen LogP contribution in [0.1, 0.15) is 16.7 Å². The van der Waals surface area contributed by atoms with E-state index in [-0.39, 0.29) is 0 Å². The summed E-state index contributed by atoms with van der Waals surface area (Å²) in [4.78, 5) is 0.349. The number of hydrogen-bond donors (Lipinski definition) is 0. The summed E-state index contributed by atoms with van der Waals surface area (Å²) in [5, 5.41) is 0. The van der Waals surface area contributed by atoms with Gasteiger partial charge in [0.2, 0.25) is 10.0 Å². The molecule has 0 aliphatic heterocycles. The van der Waals surface area contributed by atoms with Crippen LogP contribution in [0.15, 0.2) is 47.4 Å². The minimum Gasteiger partial charge on any atom is -0.492 e. The van der Waals surface area contributed by atoms with Gasteiger partial charge in [-0.05, 0) is 44.0 Å². The standard InChI is InChI=1S/C18H23NO3S/c1-14-9-10-18(16(3)13-14)23(20,21)19(4)11-12-22-17-8-6-5-7-15(17)2/h5-10,13H,11-12H2,1-4H3. The van der Waals surface area contributed by atoms with Gasteiger partial charge in [-0.3, -0.25) is 0 Å². The molecule has 0 saturated carbocycles. The molecule has 23 heavy (non-hydrogen) atoms. The van der Waals surface area contributed by atoms with Crippen molar-refractivity contribution in [3.8, 4) is 5.75 Å². The lowest BCUT2D eigenvalue weighted by Gasteiger charge is -2.19. The molecule has 0 atom stereocenters. The predicted octanol–water partition coefficient (Wildman–Crippen LogP) is 3.31. The lowest BCUT2D eigenvalue weighted by molar-refractivity contribution is 0.285. The SMILES string of the molecule is Cc1ccc(S(=O)(=O)N(C)CCOc2ccccc2C)c(C)c1. The quantitative estimate of drug-likeness (QED) is 0.815. The van der Waals surface area contributed by atoms with E-state index in [1.807, 2.05) is 57.2 Å². The second-order valence-corrected chi connectivity index (χ2v) is 7.72. The van der Waals surface area contributed by atoms with E-state index >= 15 is 0 Å². The molecule has 0 saturated heterocycles. The van der Waals surface area contributed by atoms with Gasteiger partial charge in [-0.2, -0.15) is 4.31 Å². The Labute approximate surface area is 138 Å². The molecular formula is C18H23NO3S. The van der Waals surface area contributed by atoms with Gasteiger partial charge in [0.15, 0.2) is 0 Å². The summed E-state index contributed by atoms with van der Waals surface area (Å²) in [6.07, 6.45) is 0. The van der Waals surface area contributed by atoms with E-state index in [4.69, 9.17) is 4.74 Å². The summed E-state index contributed by atoms with van der Waals surface area (Å²) in [6, 6.07) is 13.1. The van der Waals surface area contributed by atoms with Crippen molar-refractivity contribution >= 4 is 10.0 Å². The number of rotatable bonds is 6. The molecule has 4 nitrogen and oxygen atoms in total. The van der Waals surface area contributed by atoms with Crippen molar-refractivity contribution in [1.82, 2.24) is 4.31 Å². The maximum atomic E-state index is 12.6. The van der Waals surface area contributed by atoms with Crippen LogP contribution in [0.2, 0.25) is 0 Å². The van der Waals surface area contributed by atoms with E-state index < -0.39 is 10.0 Å². The first-order chi connectivity index (χ1) is 10.8. The van der Waals surface area contributed by atoms with Gasteiger partial charge in [-0.15, -0.1) is 0 Å². The average molecular weight is 333 g/mol. The summed E-state index contributed by atoms with van der Waals surface area (Å²) in [5.41, 5.74) is 2.84. The first-order valence-corrected chi connectivity index (χ1v) is 8.98. The van der Waals surface area contributed by atoms with Crippen molar-refractivity contribution < 1.29 is 13.2 Å². The molecule has 0 aromatic heterocycles. The zero-order valence-electron chi connectivity index (χ0n) is 14.0. The van der Waals surface area contributed by atoms with E-state index in [0.29, 0.717) is 18.0 Å². The summed E-state index contributed by atoms with van der Waals surface area (Å²) >= 11 is 0. The number of ether oxygens (including phenoxy) is 1. The van der Waals surface area contributed by atoms with Gasteiger partial charge in [0, 0.05) is 13.6 Å². The first-order valence-electron chi connectivity index (χ1n) is 7.54. The fraction of sp³-hybridized carbons (Fsp3) is 0.333. The molecule has 0 N–H and O–H groups in total. The van der Waals surface area contributed by atoms with E-state index in [1.165, 1.54) is 4.31 Å². The maximum absolute atomic E-state index is 12.6. The molecule has 0 aliphatic rings. The Hall–Kier alpha value is -1.85. The second kappa shape index (κ2) is 7.15. The minimum atomic E-state index is -3.50. The Kier molecular flexibility index (Phi) is 5.44. The van der Waals surface area contributed by atoms with Crippen LogP contribution in [0, 0.1) is 20.8 Å². The Balaban J connectivity index is 2.04. The largest absolute Gasteiger partial charge is 0.492 e. The molecule has 2 rings (SSSR count). The van der Waals surface area contributed by atoms with E-state index in [1.54, 1.807) is 13.1 Å². The fourth-order valence-corrected chi connectivity index (χ4v) is 3.74. The number of nitrogens with zero attached hydrogens (tertiary/aromatic N) is 1. The molecule has 0 amide bonds. The molecule has 0 radical (unpaired) electrons. The van der Waals surface area contributed by atoms with Gasteiger partial charge in [0.25, 0.3) is 0 Å². The third kappa shape index (κ3) is 4.12. The predicted molar refractivity (Wildman–Crippen MR) is 92.4 cm³/mol. The Bertz CT molecular complexity index is 785. The van der Waals surface area contributed by atoms with E-state index in [9.17, 15) is 8.42 Å². The normalized spacial score (nSPS) is 11.7. The van der Waals surface area contributed by atoms with Crippen molar-refractivity contribution in [1.29, 1.82) is 0 Å². The molecule has 5 heteroatoms. The third-order valence-corrected chi connectivity index (χ3v) is 5.79. The Morgan fingerprint density at radius 2 is 1.70 bits per heavy atom. The molecule has 124 valence electrons. The maximum Gasteiger partial charge on any atom is 0.243 e. The van der Waals surface area contributed by atoms with Gasteiger partial charge >= 0.3 is 0 Å². The van der Waals surface area contributed by atoms with Crippen LogP contribution >= 0.6 is 0 Å². The van der Waals surface area contributed by atoms with E-state index in [0.717, 1.165) is 22.4 Å². The molecule has 0 aliphatic carbocycles. The number of para-hydroxylation sites is 1. The summed E-state index contributed by atoms with van der Waals surface area (Å²) in [5.74, 6) is 0.782. The monoisotopic (exact) mass is 333 g/mol. The second-order valence-electron chi connectivity index (χ2n) is 5.71. The molecule has 0 spiro atoms. The molecule has 0 fully saturated rings. The summed E-state index contributed by atoms with van der Waals surface area (Å²) in [6.45, 7) is 6.33. The Morgan fingerprint density at radius 3 is 2.35 bits per heavy atom. The van der Waals surface area contributed by atoms with Gasteiger partial charge in [0.05, 0.1) is 4.90 Å². The summed E-state index contributed by atoms with van der Waals surface area (Å²) in [7, 11) is -1.92. The zero-order chi connectivity index (χ0) is 17.0. The third-order valence-electron chi connectivity index (χ3n) is 3.78. The van der Waals surface area contributed by atoms with Crippen LogP contribution in [0.3, 0.4) is 0 Å². The molecular weight excluding hydrogens is 310 g/mol. The van der Waals surface area contributed by atoms with Gasteiger partial charge in [0.1, 0.15) is 12.4 Å². The molecule has 0 heterocycles. The van der Waals surface area contributed by atoms with Crippen molar-refractivity contribution in [2.24, 2.45) is 0 Å². The highest BCUT2D eigenvalue weighted by atomic mass is 32.2. The lowest BCUT2D eigenvalue weighted by Crippen LogP contribution is -2.31. The molecule has 2 aromatic rings. The number of likely N-dealkylation sites (N-methyl/N-ethyl adjacent to an activating group) is 1. The highest BCUT2D eigenvalue weighted by Gasteiger charge is 2.22. The fourth-order valence-electron chi connectivity index (χ4n) is 2.38. The highest BCUT2D eigenvalue weighted by Crippen LogP contribution is 2.20. The average Bonchev–Trinajstić information content (AvgIpc) is 2.48. The number of sulfonamides is 1. The van der Waals surface area contributed by atoms with Crippen LogP contribution in [0.25, 0.3) is 0 Å². The van der Waals surface area contributed by atoms with Crippen molar-refractivity contribution in [2.45, 2.75) is 25.7 Å². The van der Waals surface area contributed by atoms with Crippen molar-refractivity contribution in [3.05, 3.63) is 59.2 Å². The number of benzene rings is 2. The van der Waals surface area contributed by atoms with Gasteiger partial charge in [-0.25, -0.2) is 8.42 Å². The Morgan fingerprint density at radius 1 is 1.00 bits per heavy atom. The summed E-state index contributed by atoms with van der Waals surface area (Å²) < 4.78 is 32.3. The zero-order valence-corrected chi connectivity index (χ0v) is 14.9. The molecule has 0 unspecified atom stereocenters. The van der Waals surface area contributed by atoms with E-state index in [2.05, 4.69) is 0 Å². The minimum absolute atomic E-state index is 0.296. The van der Waals surface area contributed by atoms with Crippen LogP contribution in [-0.2, 0) is 10.0 Å². The first kappa shape index (κ1) is 17.5. The topological polar surface area (TPSA) is 46.6 Å². The van der Waals surface area contributed by atoms with Crippen LogP contribution < -0.4 is 4.74 Å². The van der Waals surface area contributed by atoms with Crippen molar-refractivity contribution in [3.63, 3.8) is 0 Å². The molecule has 2 aromatic carbocycles. The van der Waals surface area contributed by atoms with Gasteiger partial charge < -0.3 is 4.74 Å². The van der Waals surface area contributed by atoms with Crippen LogP contribution in [0.5, 0.6) is 5.75 Å². The van der Waals surface area contributed by atoms with Gasteiger partial charge in [-0.1, -0.05) is 35.9 Å². The highest BCUT2D eigenvalue weighted by molar-refractivity contribution is 7.89. The van der Waals surface area contributed by atoms with Crippen LogP contribution in [-0.4, -0.2) is 32.9 Å². The van der Waals surface area contributed by atoms with Crippen LogP contribution in [0.4, 0.5) is 0 Å². The number of aryl methyl sites for hydroxylation is 3. The lowest BCUT2D eigenvalue weighted by atomic mass is 10.2.